The number of aliphatic hydroxyl groups is 1. The number of hydrogen-bond acceptors (Lipinski definition) is 2. The Labute approximate surface area is 114 Å². The van der Waals surface area contributed by atoms with Crippen LogP contribution in [-0.2, 0) is 12.8 Å². The van der Waals surface area contributed by atoms with E-state index in [2.05, 4.69) is 6.07 Å². The molecule has 0 aromatic heterocycles. The fourth-order valence-electron chi connectivity index (χ4n) is 3.28. The van der Waals surface area contributed by atoms with Crippen molar-refractivity contribution in [2.75, 3.05) is 13.1 Å². The van der Waals surface area contributed by atoms with Crippen LogP contribution < -0.4 is 0 Å². The van der Waals surface area contributed by atoms with Crippen molar-refractivity contribution in [2.45, 2.75) is 44.6 Å². The lowest BCUT2D eigenvalue weighted by molar-refractivity contribution is -0.0107. The number of benzene rings is 1. The van der Waals surface area contributed by atoms with E-state index >= 15 is 0 Å². The molecule has 1 heterocycles. The van der Waals surface area contributed by atoms with E-state index < -0.39 is 5.60 Å². The summed E-state index contributed by atoms with van der Waals surface area (Å²) >= 11 is 0. The monoisotopic (exact) mass is 259 g/mol. The van der Waals surface area contributed by atoms with Crippen LogP contribution in [0.4, 0.5) is 0 Å². The predicted molar refractivity (Wildman–Crippen MR) is 74.2 cm³/mol. The number of hydrogen-bond donors (Lipinski definition) is 1. The first kappa shape index (κ1) is 12.7. The first-order valence-electron chi connectivity index (χ1n) is 7.19. The molecule has 0 spiro atoms. The Balaban J connectivity index is 1.80. The lowest BCUT2D eigenvalue weighted by atomic mass is 9.94. The standard InChI is InChI=1S/C16H21NO2/c1-16(19)8-3-9-17(11-16)15(18)14-7-6-12-4-2-5-13(12)10-14/h6-7,10,19H,2-5,8-9,11H2,1H3. The maximum absolute atomic E-state index is 12.5. The van der Waals surface area contributed by atoms with E-state index in [1.54, 1.807) is 4.90 Å². The maximum Gasteiger partial charge on any atom is 0.253 e. The van der Waals surface area contributed by atoms with Crippen LogP contribution in [0.1, 0.15) is 47.7 Å². The van der Waals surface area contributed by atoms with Crippen molar-refractivity contribution in [2.24, 2.45) is 0 Å². The lowest BCUT2D eigenvalue weighted by Gasteiger charge is -2.36. The molecule has 3 nitrogen and oxygen atoms in total. The number of aryl methyl sites for hydroxylation is 2. The van der Waals surface area contributed by atoms with Crippen LogP contribution in [0.3, 0.4) is 0 Å². The molecule has 1 N–H and O–H groups in total. The van der Waals surface area contributed by atoms with E-state index in [-0.39, 0.29) is 5.91 Å². The van der Waals surface area contributed by atoms with Gasteiger partial charge in [-0.2, -0.15) is 0 Å². The van der Waals surface area contributed by atoms with Crippen LogP contribution >= 0.6 is 0 Å². The predicted octanol–water partition coefficient (Wildman–Crippen LogP) is 2.16. The summed E-state index contributed by atoms with van der Waals surface area (Å²) in [6, 6.07) is 6.08. The van der Waals surface area contributed by atoms with Crippen LogP contribution in [0.15, 0.2) is 18.2 Å². The highest BCUT2D eigenvalue weighted by atomic mass is 16.3. The topological polar surface area (TPSA) is 40.5 Å². The molecule has 1 amide bonds. The molecule has 1 aliphatic carbocycles. The Hall–Kier alpha value is -1.35. The molecule has 1 aromatic rings. The summed E-state index contributed by atoms with van der Waals surface area (Å²) < 4.78 is 0. The number of likely N-dealkylation sites (tertiary alicyclic amines) is 1. The van der Waals surface area contributed by atoms with Gasteiger partial charge in [-0.1, -0.05) is 6.07 Å². The van der Waals surface area contributed by atoms with Gasteiger partial charge in [-0.05, 0) is 62.3 Å². The van der Waals surface area contributed by atoms with Crippen LogP contribution in [-0.4, -0.2) is 34.6 Å². The summed E-state index contributed by atoms with van der Waals surface area (Å²) in [7, 11) is 0. The largest absolute Gasteiger partial charge is 0.388 e. The summed E-state index contributed by atoms with van der Waals surface area (Å²) in [6.45, 7) is 3.02. The molecule has 1 aromatic carbocycles. The molecular weight excluding hydrogens is 238 g/mol. The molecule has 1 saturated heterocycles. The van der Waals surface area contributed by atoms with E-state index in [9.17, 15) is 9.90 Å². The highest BCUT2D eigenvalue weighted by Gasteiger charge is 2.31. The summed E-state index contributed by atoms with van der Waals surface area (Å²) in [5.41, 5.74) is 2.76. The van der Waals surface area contributed by atoms with E-state index in [1.807, 2.05) is 19.1 Å². The van der Waals surface area contributed by atoms with Gasteiger partial charge in [-0.15, -0.1) is 0 Å². The van der Waals surface area contributed by atoms with Gasteiger partial charge in [0.2, 0.25) is 0 Å². The quantitative estimate of drug-likeness (QED) is 0.839. The number of amides is 1. The Morgan fingerprint density at radius 1 is 1.26 bits per heavy atom. The van der Waals surface area contributed by atoms with E-state index in [4.69, 9.17) is 0 Å². The van der Waals surface area contributed by atoms with Gasteiger partial charge in [0.15, 0.2) is 0 Å². The van der Waals surface area contributed by atoms with Crippen molar-refractivity contribution in [3.8, 4) is 0 Å². The van der Waals surface area contributed by atoms with Crippen molar-refractivity contribution >= 4 is 5.91 Å². The molecule has 0 saturated carbocycles. The fourth-order valence-corrected chi connectivity index (χ4v) is 3.28. The SMILES string of the molecule is CC1(O)CCCN(C(=O)c2ccc3c(c2)CCC3)C1. The first-order chi connectivity index (χ1) is 9.05. The highest BCUT2D eigenvalue weighted by molar-refractivity contribution is 5.94. The average Bonchev–Trinajstić information content (AvgIpc) is 2.83. The third kappa shape index (κ3) is 2.52. The number of rotatable bonds is 1. The number of β-amino-alcohol motifs (C(OH)–C–C–N with tert-alkyl or cyclic N) is 1. The molecule has 0 bridgehead atoms. The smallest absolute Gasteiger partial charge is 0.253 e. The number of carbonyl (C=O) groups is 1. The molecular formula is C16H21NO2. The molecule has 1 atom stereocenters. The molecule has 2 aliphatic rings. The minimum Gasteiger partial charge on any atom is -0.388 e. The molecule has 19 heavy (non-hydrogen) atoms. The minimum absolute atomic E-state index is 0.0645. The number of fused-ring (bicyclic) bond motifs is 1. The number of nitrogens with zero attached hydrogens (tertiary/aromatic N) is 1. The molecule has 102 valence electrons. The average molecular weight is 259 g/mol. The lowest BCUT2D eigenvalue weighted by Crippen LogP contribution is -2.48. The van der Waals surface area contributed by atoms with Crippen LogP contribution in [0.2, 0.25) is 0 Å². The van der Waals surface area contributed by atoms with Gasteiger partial charge in [0.05, 0.1) is 5.60 Å². The van der Waals surface area contributed by atoms with Gasteiger partial charge >= 0.3 is 0 Å². The first-order valence-corrected chi connectivity index (χ1v) is 7.19. The number of piperidine rings is 1. The third-order valence-electron chi connectivity index (χ3n) is 4.31. The summed E-state index contributed by atoms with van der Waals surface area (Å²) in [4.78, 5) is 14.3. The minimum atomic E-state index is -0.732. The normalized spacial score (nSPS) is 26.3. The summed E-state index contributed by atoms with van der Waals surface area (Å²) in [6.07, 6.45) is 5.09. The van der Waals surface area contributed by atoms with Crippen molar-refractivity contribution in [1.82, 2.24) is 4.90 Å². The van der Waals surface area contributed by atoms with Gasteiger partial charge in [-0.25, -0.2) is 0 Å². The van der Waals surface area contributed by atoms with E-state index in [1.165, 1.54) is 17.5 Å². The van der Waals surface area contributed by atoms with Crippen LogP contribution in [0.25, 0.3) is 0 Å². The molecule has 1 unspecified atom stereocenters. The van der Waals surface area contributed by atoms with Crippen molar-refractivity contribution in [1.29, 1.82) is 0 Å². The summed E-state index contributed by atoms with van der Waals surface area (Å²) in [5.74, 6) is 0.0645. The molecule has 1 fully saturated rings. The van der Waals surface area contributed by atoms with Gasteiger partial charge in [0, 0.05) is 18.7 Å². The number of carbonyl (C=O) groups excluding carboxylic acids is 1. The molecule has 1 aliphatic heterocycles. The van der Waals surface area contributed by atoms with Gasteiger partial charge in [-0.3, -0.25) is 4.79 Å². The Morgan fingerprint density at radius 2 is 2.05 bits per heavy atom. The zero-order valence-corrected chi connectivity index (χ0v) is 11.5. The van der Waals surface area contributed by atoms with Gasteiger partial charge in [0.1, 0.15) is 0 Å². The van der Waals surface area contributed by atoms with Crippen LogP contribution in [0, 0.1) is 0 Å². The maximum atomic E-state index is 12.5. The van der Waals surface area contributed by atoms with Crippen molar-refractivity contribution in [3.63, 3.8) is 0 Å². The van der Waals surface area contributed by atoms with Crippen LogP contribution in [0.5, 0.6) is 0 Å². The van der Waals surface area contributed by atoms with Crippen molar-refractivity contribution < 1.29 is 9.90 Å². The summed E-state index contributed by atoms with van der Waals surface area (Å²) in [5, 5.41) is 10.1. The van der Waals surface area contributed by atoms with Gasteiger partial charge < -0.3 is 10.0 Å². The zero-order chi connectivity index (χ0) is 13.5. The second-order valence-corrected chi connectivity index (χ2v) is 6.16. The highest BCUT2D eigenvalue weighted by Crippen LogP contribution is 2.25. The van der Waals surface area contributed by atoms with Crippen molar-refractivity contribution in [3.05, 3.63) is 34.9 Å². The molecule has 3 rings (SSSR count). The fraction of sp³-hybridized carbons (Fsp3) is 0.562. The second-order valence-electron chi connectivity index (χ2n) is 6.16. The molecule has 3 heteroatoms. The third-order valence-corrected chi connectivity index (χ3v) is 4.31. The Kier molecular flexibility index (Phi) is 3.09. The van der Waals surface area contributed by atoms with E-state index in [0.717, 1.165) is 37.8 Å². The molecule has 0 radical (unpaired) electrons. The van der Waals surface area contributed by atoms with E-state index in [0.29, 0.717) is 6.54 Å². The second kappa shape index (κ2) is 4.64. The zero-order valence-electron chi connectivity index (χ0n) is 11.5. The van der Waals surface area contributed by atoms with Gasteiger partial charge in [0.25, 0.3) is 5.91 Å². The Bertz CT molecular complexity index is 507. The Morgan fingerprint density at radius 3 is 2.84 bits per heavy atom.